The number of rotatable bonds is 3. The van der Waals surface area contributed by atoms with E-state index in [2.05, 4.69) is 42.5 Å². The number of hydrogen-bond donors (Lipinski definition) is 1. The van der Waals surface area contributed by atoms with Crippen molar-refractivity contribution in [3.05, 3.63) is 65.7 Å². The largest absolute Gasteiger partial charge is 0.508 e. The van der Waals surface area contributed by atoms with Crippen LogP contribution in [-0.4, -0.2) is 5.11 Å². The lowest BCUT2D eigenvalue weighted by atomic mass is 9.66. The van der Waals surface area contributed by atoms with Gasteiger partial charge in [-0.25, -0.2) is 0 Å². The van der Waals surface area contributed by atoms with Crippen molar-refractivity contribution < 1.29 is 5.11 Å². The van der Waals surface area contributed by atoms with E-state index in [0.717, 1.165) is 6.42 Å². The first-order valence-corrected chi connectivity index (χ1v) is 7.62. The number of phenols is 1. The second-order valence-corrected chi connectivity index (χ2v) is 6.05. The molecule has 1 saturated carbocycles. The molecule has 0 heterocycles. The topological polar surface area (TPSA) is 20.2 Å². The number of aromatic hydroxyl groups is 1. The van der Waals surface area contributed by atoms with Crippen LogP contribution in [0.4, 0.5) is 0 Å². The molecule has 0 aromatic heterocycles. The van der Waals surface area contributed by atoms with E-state index in [-0.39, 0.29) is 5.41 Å². The molecule has 1 fully saturated rings. The lowest BCUT2D eigenvalue weighted by Crippen LogP contribution is -2.31. The van der Waals surface area contributed by atoms with E-state index >= 15 is 0 Å². The third kappa shape index (κ3) is 2.72. The van der Waals surface area contributed by atoms with E-state index in [9.17, 15) is 5.11 Å². The predicted molar refractivity (Wildman–Crippen MR) is 83.0 cm³/mol. The maximum absolute atomic E-state index is 9.53. The zero-order valence-corrected chi connectivity index (χ0v) is 11.9. The van der Waals surface area contributed by atoms with Crippen LogP contribution >= 0.6 is 0 Å². The van der Waals surface area contributed by atoms with Gasteiger partial charge in [-0.15, -0.1) is 0 Å². The van der Waals surface area contributed by atoms with Crippen LogP contribution in [0.2, 0.25) is 0 Å². The third-order valence-electron chi connectivity index (χ3n) is 4.68. The smallest absolute Gasteiger partial charge is 0.115 e. The van der Waals surface area contributed by atoms with Gasteiger partial charge in [0.15, 0.2) is 0 Å². The highest BCUT2D eigenvalue weighted by atomic mass is 16.3. The number of hydrogen-bond acceptors (Lipinski definition) is 1. The Kier molecular flexibility index (Phi) is 3.77. The molecule has 1 nitrogen and oxygen atoms in total. The summed E-state index contributed by atoms with van der Waals surface area (Å²) in [5.74, 6) is 0.361. The van der Waals surface area contributed by atoms with Crippen molar-refractivity contribution in [2.24, 2.45) is 0 Å². The van der Waals surface area contributed by atoms with E-state index in [0.29, 0.717) is 5.75 Å². The van der Waals surface area contributed by atoms with Gasteiger partial charge in [-0.2, -0.15) is 0 Å². The highest BCUT2D eigenvalue weighted by molar-refractivity contribution is 5.34. The molecule has 0 unspecified atom stereocenters. The first kappa shape index (κ1) is 13.2. The molecule has 0 radical (unpaired) electrons. The second kappa shape index (κ2) is 5.70. The Morgan fingerprint density at radius 1 is 0.800 bits per heavy atom. The summed E-state index contributed by atoms with van der Waals surface area (Å²) in [5, 5.41) is 9.53. The van der Waals surface area contributed by atoms with Gasteiger partial charge in [0.05, 0.1) is 0 Å². The van der Waals surface area contributed by atoms with Crippen LogP contribution in [0.1, 0.15) is 43.2 Å². The molecular formula is C19H22O. The summed E-state index contributed by atoms with van der Waals surface area (Å²) >= 11 is 0. The molecule has 0 aliphatic heterocycles. The summed E-state index contributed by atoms with van der Waals surface area (Å²) in [5.41, 5.74) is 3.06. The van der Waals surface area contributed by atoms with Gasteiger partial charge in [0.25, 0.3) is 0 Å². The van der Waals surface area contributed by atoms with Crippen molar-refractivity contribution >= 4 is 0 Å². The minimum atomic E-state index is 0.257. The minimum Gasteiger partial charge on any atom is -0.508 e. The van der Waals surface area contributed by atoms with Crippen molar-refractivity contribution in [2.75, 3.05) is 0 Å². The average molecular weight is 266 g/mol. The summed E-state index contributed by atoms with van der Waals surface area (Å²) in [4.78, 5) is 0. The van der Waals surface area contributed by atoms with Gasteiger partial charge in [-0.05, 0) is 47.9 Å². The first-order chi connectivity index (χ1) is 9.78. The van der Waals surface area contributed by atoms with Gasteiger partial charge < -0.3 is 5.11 Å². The van der Waals surface area contributed by atoms with Crippen LogP contribution in [0.25, 0.3) is 0 Å². The molecule has 0 spiro atoms. The summed E-state index contributed by atoms with van der Waals surface area (Å²) in [6.45, 7) is 0. The zero-order chi connectivity index (χ0) is 13.8. The third-order valence-corrected chi connectivity index (χ3v) is 4.68. The first-order valence-electron chi connectivity index (χ1n) is 7.62. The molecule has 2 aromatic carbocycles. The molecule has 1 aliphatic carbocycles. The van der Waals surface area contributed by atoms with Gasteiger partial charge in [-0.1, -0.05) is 61.7 Å². The van der Waals surface area contributed by atoms with Gasteiger partial charge in [0.1, 0.15) is 5.75 Å². The molecule has 0 atom stereocenters. The molecule has 104 valence electrons. The fourth-order valence-corrected chi connectivity index (χ4v) is 3.60. The molecule has 0 saturated heterocycles. The molecule has 0 amide bonds. The molecule has 0 bridgehead atoms. The molecule has 3 rings (SSSR count). The Morgan fingerprint density at radius 3 is 2.10 bits per heavy atom. The highest BCUT2D eigenvalue weighted by Crippen LogP contribution is 2.42. The molecule has 1 N–H and O–H groups in total. The van der Waals surface area contributed by atoms with E-state index in [1.54, 1.807) is 0 Å². The van der Waals surface area contributed by atoms with Crippen molar-refractivity contribution in [2.45, 2.75) is 43.9 Å². The number of phenolic OH excluding ortho intramolecular Hbond substituents is 1. The zero-order valence-electron chi connectivity index (χ0n) is 11.9. The monoisotopic (exact) mass is 266 g/mol. The van der Waals surface area contributed by atoms with Crippen LogP contribution in [0.3, 0.4) is 0 Å². The van der Waals surface area contributed by atoms with Crippen molar-refractivity contribution in [1.29, 1.82) is 0 Å². The van der Waals surface area contributed by atoms with Crippen LogP contribution in [0.5, 0.6) is 5.75 Å². The normalized spacial score (nSPS) is 17.8. The predicted octanol–water partition coefficient (Wildman–Crippen LogP) is 4.84. The summed E-state index contributed by atoms with van der Waals surface area (Å²) in [6.07, 6.45) is 7.61. The van der Waals surface area contributed by atoms with E-state index in [1.807, 2.05) is 12.1 Å². The van der Waals surface area contributed by atoms with Crippen molar-refractivity contribution in [3.63, 3.8) is 0 Å². The lowest BCUT2D eigenvalue weighted by Gasteiger charge is -2.38. The van der Waals surface area contributed by atoms with Gasteiger partial charge in [-0.3, -0.25) is 0 Å². The van der Waals surface area contributed by atoms with Crippen LogP contribution in [0.15, 0.2) is 54.6 Å². The Bertz CT molecular complexity index is 536. The lowest BCUT2D eigenvalue weighted by molar-refractivity contribution is 0.290. The summed E-state index contributed by atoms with van der Waals surface area (Å²) in [6, 6.07) is 18.7. The number of benzene rings is 2. The Hall–Kier alpha value is -1.76. The van der Waals surface area contributed by atoms with Crippen LogP contribution in [-0.2, 0) is 11.8 Å². The Labute approximate surface area is 121 Å². The minimum absolute atomic E-state index is 0.257. The van der Waals surface area contributed by atoms with Gasteiger partial charge in [0.2, 0.25) is 0 Å². The van der Waals surface area contributed by atoms with Gasteiger partial charge in [0, 0.05) is 0 Å². The second-order valence-electron chi connectivity index (χ2n) is 6.05. The fraction of sp³-hybridized carbons (Fsp3) is 0.368. The molecular weight excluding hydrogens is 244 g/mol. The fourth-order valence-electron chi connectivity index (χ4n) is 3.60. The quantitative estimate of drug-likeness (QED) is 0.843. The van der Waals surface area contributed by atoms with E-state index < -0.39 is 0 Å². The van der Waals surface area contributed by atoms with E-state index in [1.165, 1.54) is 43.2 Å². The van der Waals surface area contributed by atoms with Gasteiger partial charge >= 0.3 is 0 Å². The summed E-state index contributed by atoms with van der Waals surface area (Å²) < 4.78 is 0. The summed E-state index contributed by atoms with van der Waals surface area (Å²) in [7, 11) is 0. The average Bonchev–Trinajstić information content (AvgIpc) is 2.50. The van der Waals surface area contributed by atoms with E-state index in [4.69, 9.17) is 0 Å². The van der Waals surface area contributed by atoms with Crippen molar-refractivity contribution in [3.8, 4) is 5.75 Å². The van der Waals surface area contributed by atoms with Crippen LogP contribution < -0.4 is 0 Å². The SMILES string of the molecule is Oc1ccc(C2(Cc3ccccc3)CCCCC2)cc1. The van der Waals surface area contributed by atoms with Crippen molar-refractivity contribution in [1.82, 2.24) is 0 Å². The molecule has 1 heteroatoms. The maximum atomic E-state index is 9.53. The standard InChI is InChI=1S/C19H22O/c20-18-11-9-17(10-12-18)19(13-5-2-6-14-19)15-16-7-3-1-4-8-16/h1,3-4,7-12,20H,2,5-6,13-15H2. The Balaban J connectivity index is 1.94. The molecule has 1 aliphatic rings. The maximum Gasteiger partial charge on any atom is 0.115 e. The Morgan fingerprint density at radius 2 is 1.45 bits per heavy atom. The van der Waals surface area contributed by atoms with Crippen LogP contribution in [0, 0.1) is 0 Å². The highest BCUT2D eigenvalue weighted by Gasteiger charge is 2.33. The molecule has 2 aromatic rings. The molecule has 20 heavy (non-hydrogen) atoms.